The molecule has 1 saturated heterocycles. The molecule has 0 unspecified atom stereocenters. The number of halogens is 2. The highest BCUT2D eigenvalue weighted by Gasteiger charge is 2.19. The van der Waals surface area contributed by atoms with Crippen LogP contribution in [0, 0.1) is 11.6 Å². The van der Waals surface area contributed by atoms with E-state index in [1.54, 1.807) is 12.1 Å². The molecule has 27 heavy (non-hydrogen) atoms. The molecule has 1 fully saturated rings. The van der Waals surface area contributed by atoms with Gasteiger partial charge in [-0.2, -0.15) is 0 Å². The fourth-order valence-corrected chi connectivity index (χ4v) is 4.25. The van der Waals surface area contributed by atoms with E-state index in [2.05, 4.69) is 9.62 Å². The lowest BCUT2D eigenvalue weighted by atomic mass is 10.2. The van der Waals surface area contributed by atoms with Crippen LogP contribution in [0.2, 0.25) is 0 Å². The predicted octanol–water partition coefficient (Wildman–Crippen LogP) is 2.46. The van der Waals surface area contributed by atoms with Crippen molar-refractivity contribution in [1.29, 1.82) is 0 Å². The van der Waals surface area contributed by atoms with Gasteiger partial charge >= 0.3 is 0 Å². The molecule has 1 aliphatic rings. The second-order valence-electron chi connectivity index (χ2n) is 6.49. The Labute approximate surface area is 158 Å². The summed E-state index contributed by atoms with van der Waals surface area (Å²) in [7, 11) is -3.69. The third-order valence-electron chi connectivity index (χ3n) is 4.62. The summed E-state index contributed by atoms with van der Waals surface area (Å²) in [5.74, 6) is -0.789. The fourth-order valence-electron chi connectivity index (χ4n) is 3.15. The van der Waals surface area contributed by atoms with Crippen molar-refractivity contribution in [2.24, 2.45) is 0 Å². The lowest BCUT2D eigenvalue weighted by Crippen LogP contribution is -2.47. The average Bonchev–Trinajstić information content (AvgIpc) is 2.66. The number of hydrogen-bond donors (Lipinski definition) is 1. The Morgan fingerprint density at radius 3 is 2.41 bits per heavy atom. The van der Waals surface area contributed by atoms with Crippen molar-refractivity contribution < 1.29 is 17.2 Å². The number of nitrogens with zero attached hydrogens (tertiary/aromatic N) is 2. The van der Waals surface area contributed by atoms with Crippen LogP contribution in [0.25, 0.3) is 0 Å². The second kappa shape index (κ2) is 8.77. The molecule has 0 atom stereocenters. The van der Waals surface area contributed by atoms with E-state index in [0.717, 1.165) is 38.8 Å². The Hall–Kier alpha value is -2.03. The van der Waals surface area contributed by atoms with Crippen LogP contribution in [0.4, 0.5) is 14.5 Å². The Morgan fingerprint density at radius 1 is 0.963 bits per heavy atom. The lowest BCUT2D eigenvalue weighted by Gasteiger charge is -2.36. The number of piperazine rings is 1. The summed E-state index contributed by atoms with van der Waals surface area (Å²) in [6, 6.07) is 11.7. The molecule has 8 heteroatoms. The summed E-state index contributed by atoms with van der Waals surface area (Å²) in [5, 5.41) is 0. The molecule has 0 amide bonds. The number of para-hydroxylation sites is 1. The van der Waals surface area contributed by atoms with Crippen LogP contribution in [-0.4, -0.2) is 52.6 Å². The average molecular weight is 395 g/mol. The molecule has 3 rings (SSSR count). The summed E-state index contributed by atoms with van der Waals surface area (Å²) >= 11 is 0. The van der Waals surface area contributed by atoms with E-state index in [-0.39, 0.29) is 17.3 Å². The highest BCUT2D eigenvalue weighted by Crippen LogP contribution is 2.20. The quantitative estimate of drug-likeness (QED) is 0.732. The molecule has 0 aromatic heterocycles. The summed E-state index contributed by atoms with van der Waals surface area (Å²) in [5.41, 5.74) is 0.625. The predicted molar refractivity (Wildman–Crippen MR) is 101 cm³/mol. The molecule has 146 valence electrons. The first-order chi connectivity index (χ1) is 13.0. The van der Waals surface area contributed by atoms with Crippen molar-refractivity contribution in [3.63, 3.8) is 0 Å². The summed E-state index contributed by atoms with van der Waals surface area (Å²) in [6.07, 6.45) is 0.647. The number of sulfonamides is 1. The minimum atomic E-state index is -3.69. The molecule has 2 aromatic rings. The van der Waals surface area contributed by atoms with Crippen molar-refractivity contribution >= 4 is 15.7 Å². The smallest absolute Gasteiger partial charge is 0.240 e. The van der Waals surface area contributed by atoms with Crippen molar-refractivity contribution in [2.45, 2.75) is 11.3 Å². The molecule has 0 spiro atoms. The molecule has 0 saturated carbocycles. The maximum atomic E-state index is 13.9. The van der Waals surface area contributed by atoms with E-state index in [1.807, 2.05) is 11.0 Å². The number of rotatable bonds is 7. The third-order valence-corrected chi connectivity index (χ3v) is 6.07. The SMILES string of the molecule is O=S(=O)(NCCCN1CCN(c2ccccc2F)CC1)c1cccc(F)c1. The summed E-state index contributed by atoms with van der Waals surface area (Å²) < 4.78 is 53.8. The highest BCUT2D eigenvalue weighted by atomic mass is 32.2. The Morgan fingerprint density at radius 2 is 1.70 bits per heavy atom. The van der Waals surface area contributed by atoms with Crippen LogP contribution in [0.3, 0.4) is 0 Å². The molecule has 0 radical (unpaired) electrons. The maximum Gasteiger partial charge on any atom is 0.240 e. The summed E-state index contributed by atoms with van der Waals surface area (Å²) in [6.45, 7) is 4.09. The van der Waals surface area contributed by atoms with E-state index in [1.165, 1.54) is 24.3 Å². The number of hydrogen-bond acceptors (Lipinski definition) is 4. The summed E-state index contributed by atoms with van der Waals surface area (Å²) in [4.78, 5) is 4.19. The minimum absolute atomic E-state index is 0.0685. The normalized spacial score (nSPS) is 15.9. The molecule has 5 nitrogen and oxygen atoms in total. The molecule has 0 bridgehead atoms. The van der Waals surface area contributed by atoms with Gasteiger partial charge in [-0.1, -0.05) is 18.2 Å². The van der Waals surface area contributed by atoms with Gasteiger partial charge in [0.05, 0.1) is 10.6 Å². The standard InChI is InChI=1S/C19H23F2N3O2S/c20-16-5-3-6-17(15-16)27(25,26)22-9-4-10-23-11-13-24(14-12-23)19-8-2-1-7-18(19)21/h1-3,5-8,15,22H,4,9-14H2. The van der Waals surface area contributed by atoms with Crippen LogP contribution in [0.1, 0.15) is 6.42 Å². The molecule has 1 aliphatic heterocycles. The topological polar surface area (TPSA) is 52.7 Å². The molecular formula is C19H23F2N3O2S. The van der Waals surface area contributed by atoms with Gasteiger partial charge in [-0.15, -0.1) is 0 Å². The first-order valence-corrected chi connectivity index (χ1v) is 10.4. The second-order valence-corrected chi connectivity index (χ2v) is 8.26. The first kappa shape index (κ1) is 19.7. The van der Waals surface area contributed by atoms with E-state index < -0.39 is 15.8 Å². The molecular weight excluding hydrogens is 372 g/mol. The Kier molecular flexibility index (Phi) is 6.41. The van der Waals surface area contributed by atoms with E-state index in [9.17, 15) is 17.2 Å². The number of nitrogens with one attached hydrogen (secondary N) is 1. The first-order valence-electron chi connectivity index (χ1n) is 8.93. The van der Waals surface area contributed by atoms with Gasteiger partial charge in [-0.05, 0) is 43.3 Å². The van der Waals surface area contributed by atoms with Gasteiger partial charge in [0, 0.05) is 32.7 Å². The maximum absolute atomic E-state index is 13.9. The Balaban J connectivity index is 1.41. The van der Waals surface area contributed by atoms with E-state index in [4.69, 9.17) is 0 Å². The van der Waals surface area contributed by atoms with Crippen molar-refractivity contribution in [2.75, 3.05) is 44.2 Å². The fraction of sp³-hybridized carbons (Fsp3) is 0.368. The third kappa shape index (κ3) is 5.24. The van der Waals surface area contributed by atoms with Crippen LogP contribution in [-0.2, 0) is 10.0 Å². The van der Waals surface area contributed by atoms with Crippen LogP contribution >= 0.6 is 0 Å². The Bertz CT molecular complexity index is 869. The van der Waals surface area contributed by atoms with Gasteiger partial charge in [0.1, 0.15) is 11.6 Å². The van der Waals surface area contributed by atoms with Crippen molar-refractivity contribution in [3.05, 3.63) is 60.2 Å². The van der Waals surface area contributed by atoms with Gasteiger partial charge in [0.25, 0.3) is 0 Å². The van der Waals surface area contributed by atoms with Crippen LogP contribution in [0.5, 0.6) is 0 Å². The van der Waals surface area contributed by atoms with Gasteiger partial charge < -0.3 is 4.90 Å². The largest absolute Gasteiger partial charge is 0.367 e. The molecule has 0 aliphatic carbocycles. The van der Waals surface area contributed by atoms with Crippen LogP contribution < -0.4 is 9.62 Å². The molecule has 2 aromatic carbocycles. The minimum Gasteiger partial charge on any atom is -0.367 e. The van der Waals surface area contributed by atoms with Gasteiger partial charge in [-0.25, -0.2) is 21.9 Å². The zero-order valence-electron chi connectivity index (χ0n) is 14.9. The zero-order chi connectivity index (χ0) is 19.3. The number of benzene rings is 2. The van der Waals surface area contributed by atoms with E-state index in [0.29, 0.717) is 12.1 Å². The monoisotopic (exact) mass is 395 g/mol. The van der Waals surface area contributed by atoms with Gasteiger partial charge in [0.2, 0.25) is 10.0 Å². The molecule has 1 heterocycles. The van der Waals surface area contributed by atoms with Gasteiger partial charge in [-0.3, -0.25) is 4.90 Å². The highest BCUT2D eigenvalue weighted by molar-refractivity contribution is 7.89. The van der Waals surface area contributed by atoms with E-state index >= 15 is 0 Å². The van der Waals surface area contributed by atoms with Crippen molar-refractivity contribution in [3.8, 4) is 0 Å². The van der Waals surface area contributed by atoms with Crippen molar-refractivity contribution in [1.82, 2.24) is 9.62 Å². The number of anilines is 1. The lowest BCUT2D eigenvalue weighted by molar-refractivity contribution is 0.255. The molecule has 1 N–H and O–H groups in total. The van der Waals surface area contributed by atoms with Gasteiger partial charge in [0.15, 0.2) is 0 Å². The van der Waals surface area contributed by atoms with Crippen LogP contribution in [0.15, 0.2) is 53.4 Å². The zero-order valence-corrected chi connectivity index (χ0v) is 15.8.